The Kier molecular flexibility index (Phi) is 6.99. The number of hydrogen-bond acceptors (Lipinski definition) is 6. The van der Waals surface area contributed by atoms with Crippen LogP contribution >= 0.6 is 11.8 Å². The molecule has 1 atom stereocenters. The van der Waals surface area contributed by atoms with Crippen LogP contribution in [-0.4, -0.2) is 61.7 Å². The largest absolute Gasteiger partial charge is 0.452 e. The lowest BCUT2D eigenvalue weighted by atomic mass is 10.2. The molecule has 0 aliphatic carbocycles. The number of halogens is 2. The summed E-state index contributed by atoms with van der Waals surface area (Å²) < 4.78 is 52.6. The first-order chi connectivity index (χ1) is 12.2. The van der Waals surface area contributed by atoms with Crippen molar-refractivity contribution in [1.29, 1.82) is 0 Å². The summed E-state index contributed by atoms with van der Waals surface area (Å²) in [6.07, 6.45) is 0.374. The van der Waals surface area contributed by atoms with E-state index in [-0.39, 0.29) is 17.1 Å². The van der Waals surface area contributed by atoms with Crippen LogP contribution in [0.5, 0.6) is 0 Å². The number of rotatable bonds is 7. The minimum Gasteiger partial charge on any atom is -0.452 e. The smallest absolute Gasteiger partial charge is 0.338 e. The van der Waals surface area contributed by atoms with Crippen molar-refractivity contribution < 1.29 is 31.5 Å². The van der Waals surface area contributed by atoms with Gasteiger partial charge in [0.15, 0.2) is 16.4 Å². The second-order valence-corrected chi connectivity index (χ2v) is 9.01. The number of alkyl halides is 2. The molecule has 0 spiro atoms. The minimum atomic E-state index is -3.13. The molecular formula is C16H19F2NO5S2. The van der Waals surface area contributed by atoms with E-state index in [0.29, 0.717) is 29.6 Å². The van der Waals surface area contributed by atoms with Crippen LogP contribution in [0.25, 0.3) is 0 Å². The Morgan fingerprint density at radius 1 is 1.31 bits per heavy atom. The number of carbonyl (C=O) groups excluding carboxylic acids is 2. The Morgan fingerprint density at radius 3 is 2.46 bits per heavy atom. The normalized spacial score (nSPS) is 18.7. The van der Waals surface area contributed by atoms with Crippen molar-refractivity contribution in [3.05, 3.63) is 29.8 Å². The highest BCUT2D eigenvalue weighted by Gasteiger charge is 2.34. The van der Waals surface area contributed by atoms with Crippen LogP contribution in [0.2, 0.25) is 0 Å². The molecule has 1 aromatic carbocycles. The van der Waals surface area contributed by atoms with Gasteiger partial charge in [-0.3, -0.25) is 4.79 Å². The second-order valence-electron chi connectivity index (χ2n) is 5.72. The van der Waals surface area contributed by atoms with Gasteiger partial charge in [0.2, 0.25) is 0 Å². The first kappa shape index (κ1) is 20.6. The molecule has 6 nitrogen and oxygen atoms in total. The summed E-state index contributed by atoms with van der Waals surface area (Å²) in [7, 11) is -3.13. The molecule has 26 heavy (non-hydrogen) atoms. The van der Waals surface area contributed by atoms with Gasteiger partial charge in [-0.2, -0.15) is 8.78 Å². The number of ether oxygens (including phenoxy) is 1. The molecule has 1 heterocycles. The fourth-order valence-electron chi connectivity index (χ4n) is 2.73. The van der Waals surface area contributed by atoms with Crippen LogP contribution in [0.1, 0.15) is 23.7 Å². The lowest BCUT2D eigenvalue weighted by Crippen LogP contribution is -2.43. The fourth-order valence-corrected chi connectivity index (χ4v) is 4.96. The van der Waals surface area contributed by atoms with Gasteiger partial charge in [0.25, 0.3) is 11.7 Å². The van der Waals surface area contributed by atoms with Crippen molar-refractivity contribution in [1.82, 2.24) is 4.90 Å². The van der Waals surface area contributed by atoms with E-state index >= 15 is 0 Å². The summed E-state index contributed by atoms with van der Waals surface area (Å²) in [6.45, 7) is 1.54. The summed E-state index contributed by atoms with van der Waals surface area (Å²) in [5, 5.41) is 0. The van der Waals surface area contributed by atoms with Crippen LogP contribution in [0.15, 0.2) is 29.2 Å². The highest BCUT2D eigenvalue weighted by molar-refractivity contribution is 7.99. The second kappa shape index (κ2) is 8.81. The number of nitrogens with zero attached hydrogens (tertiary/aromatic N) is 1. The molecule has 0 radical (unpaired) electrons. The Balaban J connectivity index is 1.90. The molecule has 144 valence electrons. The lowest BCUT2D eigenvalue weighted by Gasteiger charge is -2.26. The van der Waals surface area contributed by atoms with E-state index in [1.807, 2.05) is 0 Å². The summed E-state index contributed by atoms with van der Waals surface area (Å²) in [4.78, 5) is 25.9. The van der Waals surface area contributed by atoms with E-state index in [1.165, 1.54) is 29.2 Å². The molecule has 2 rings (SSSR count). The lowest BCUT2D eigenvalue weighted by molar-refractivity contribution is -0.136. The van der Waals surface area contributed by atoms with Crippen molar-refractivity contribution in [2.75, 3.05) is 24.7 Å². The minimum absolute atomic E-state index is 0.0458. The van der Waals surface area contributed by atoms with Gasteiger partial charge < -0.3 is 9.64 Å². The quantitative estimate of drug-likeness (QED) is 0.509. The molecule has 0 aromatic heterocycles. The number of esters is 1. The summed E-state index contributed by atoms with van der Waals surface area (Å²) in [6, 6.07) is 5.03. The van der Waals surface area contributed by atoms with Crippen LogP contribution < -0.4 is 0 Å². The zero-order chi connectivity index (χ0) is 19.3. The molecule has 1 aliphatic rings. The third-order valence-electron chi connectivity index (χ3n) is 3.95. The summed E-state index contributed by atoms with van der Waals surface area (Å²) in [5.74, 6) is -3.80. The van der Waals surface area contributed by atoms with E-state index in [2.05, 4.69) is 0 Å². The molecule has 1 aliphatic heterocycles. The average Bonchev–Trinajstić information content (AvgIpc) is 2.93. The number of amides is 1. The molecule has 1 amide bonds. The van der Waals surface area contributed by atoms with Gasteiger partial charge in [0.05, 0.1) is 17.1 Å². The zero-order valence-electron chi connectivity index (χ0n) is 14.1. The van der Waals surface area contributed by atoms with Crippen molar-refractivity contribution in [2.45, 2.75) is 30.0 Å². The van der Waals surface area contributed by atoms with Gasteiger partial charge in [0, 0.05) is 17.5 Å². The number of benzene rings is 1. The highest BCUT2D eigenvalue weighted by atomic mass is 32.2. The van der Waals surface area contributed by atoms with Gasteiger partial charge in [-0.1, -0.05) is 11.8 Å². The number of likely N-dealkylation sites (N-methyl/N-ethyl adjacent to an activating group) is 1. The van der Waals surface area contributed by atoms with Crippen molar-refractivity contribution in [3.63, 3.8) is 0 Å². The van der Waals surface area contributed by atoms with E-state index in [1.54, 1.807) is 6.92 Å². The molecular weight excluding hydrogens is 388 g/mol. The SMILES string of the molecule is CCN(C(=O)COC(=O)c1ccc(SC(F)F)cc1)C1CCS(=O)(=O)C1. The predicted molar refractivity (Wildman–Crippen MR) is 93.0 cm³/mol. The van der Waals surface area contributed by atoms with E-state index < -0.39 is 40.1 Å². The van der Waals surface area contributed by atoms with Gasteiger partial charge >= 0.3 is 5.97 Å². The first-order valence-corrected chi connectivity index (χ1v) is 10.6. The molecule has 0 bridgehead atoms. The van der Waals surface area contributed by atoms with Crippen molar-refractivity contribution in [2.24, 2.45) is 0 Å². The van der Waals surface area contributed by atoms with Crippen LogP contribution in [0.3, 0.4) is 0 Å². The van der Waals surface area contributed by atoms with Crippen molar-refractivity contribution in [3.8, 4) is 0 Å². The Hall–Kier alpha value is -1.68. The number of hydrogen-bond donors (Lipinski definition) is 0. The molecule has 1 unspecified atom stereocenters. The summed E-state index contributed by atoms with van der Waals surface area (Å²) >= 11 is 0.363. The molecule has 0 N–H and O–H groups in total. The first-order valence-electron chi connectivity index (χ1n) is 7.93. The maximum Gasteiger partial charge on any atom is 0.338 e. The molecule has 10 heteroatoms. The Morgan fingerprint density at radius 2 is 1.96 bits per heavy atom. The Bertz CT molecular complexity index is 752. The van der Waals surface area contributed by atoms with Crippen LogP contribution in [0.4, 0.5) is 8.78 Å². The van der Waals surface area contributed by atoms with Gasteiger partial charge in [-0.15, -0.1) is 0 Å². The zero-order valence-corrected chi connectivity index (χ0v) is 15.7. The molecule has 0 saturated carbocycles. The maximum atomic E-state index is 12.3. The average molecular weight is 407 g/mol. The van der Waals surface area contributed by atoms with Gasteiger partial charge in [0.1, 0.15) is 0 Å². The molecule has 1 aromatic rings. The fraction of sp³-hybridized carbons (Fsp3) is 0.500. The van der Waals surface area contributed by atoms with Crippen LogP contribution in [0, 0.1) is 0 Å². The summed E-state index contributed by atoms with van der Waals surface area (Å²) in [5.41, 5.74) is 0.142. The van der Waals surface area contributed by atoms with E-state index in [0.717, 1.165) is 0 Å². The molecule has 1 fully saturated rings. The van der Waals surface area contributed by atoms with Gasteiger partial charge in [-0.25, -0.2) is 13.2 Å². The third-order valence-corrected chi connectivity index (χ3v) is 6.42. The third kappa shape index (κ3) is 5.66. The van der Waals surface area contributed by atoms with Crippen molar-refractivity contribution >= 4 is 33.5 Å². The van der Waals surface area contributed by atoms with E-state index in [9.17, 15) is 26.8 Å². The number of carbonyl (C=O) groups is 2. The number of sulfone groups is 1. The highest BCUT2D eigenvalue weighted by Crippen LogP contribution is 2.25. The van der Waals surface area contributed by atoms with Crippen LogP contribution in [-0.2, 0) is 19.4 Å². The Labute approximate surface area is 154 Å². The van der Waals surface area contributed by atoms with Gasteiger partial charge in [-0.05, 0) is 37.6 Å². The number of thioether (sulfide) groups is 1. The predicted octanol–water partition coefficient (Wildman–Crippen LogP) is 2.19. The maximum absolute atomic E-state index is 12.3. The monoisotopic (exact) mass is 407 g/mol. The topological polar surface area (TPSA) is 80.8 Å². The molecule has 1 saturated heterocycles. The standard InChI is InChI=1S/C16H19F2NO5S2/c1-2-19(12-7-8-26(22,23)10-12)14(20)9-24-15(21)11-3-5-13(6-4-11)25-16(17)18/h3-6,12,16H,2,7-10H2,1H3. The van der Waals surface area contributed by atoms with E-state index in [4.69, 9.17) is 4.74 Å².